The third kappa shape index (κ3) is 36.7. The molecule has 0 spiro atoms. The Morgan fingerprint density at radius 3 is 1.21 bits per heavy atom. The van der Waals surface area contributed by atoms with Crippen LogP contribution in [0.3, 0.4) is 0 Å². The van der Waals surface area contributed by atoms with Gasteiger partial charge in [0.25, 0.3) is 0 Å². The molecule has 48 heavy (non-hydrogen) atoms. The van der Waals surface area contributed by atoms with Crippen molar-refractivity contribution in [1.82, 2.24) is 0 Å². The molecule has 0 aromatic heterocycles. The summed E-state index contributed by atoms with van der Waals surface area (Å²) in [6.45, 7) is 6.91. The van der Waals surface area contributed by atoms with E-state index < -0.39 is 0 Å². The average Bonchev–Trinajstić information content (AvgIpc) is 3.09. The fraction of sp³-hybridized carbons (Fsp3) is 0.773. The highest BCUT2D eigenvalue weighted by atomic mass is 16.5. The summed E-state index contributed by atoms with van der Waals surface area (Å²) in [7, 11) is 0. The predicted molar refractivity (Wildman–Crippen MR) is 208 cm³/mol. The average molecular weight is 671 g/mol. The molecule has 0 aliphatic carbocycles. The van der Waals surface area contributed by atoms with Gasteiger partial charge in [-0.3, -0.25) is 9.59 Å². The first-order chi connectivity index (χ1) is 23.6. The molecule has 0 bridgehead atoms. The van der Waals surface area contributed by atoms with Crippen LogP contribution in [0, 0.1) is 0 Å². The first-order valence-corrected chi connectivity index (χ1v) is 20.7. The lowest BCUT2D eigenvalue weighted by Crippen LogP contribution is -2.07. The molecule has 0 aliphatic heterocycles. The van der Waals surface area contributed by atoms with Crippen molar-refractivity contribution in [3.63, 3.8) is 0 Å². The maximum absolute atomic E-state index is 11.7. The van der Waals surface area contributed by atoms with E-state index in [2.05, 4.69) is 26.0 Å². The maximum Gasteiger partial charge on any atom is 0.311 e. The molecule has 1 aromatic carbocycles. The highest BCUT2D eigenvalue weighted by molar-refractivity contribution is 5.72. The summed E-state index contributed by atoms with van der Waals surface area (Å²) in [6, 6.07) is 9.34. The van der Waals surface area contributed by atoms with E-state index in [1.54, 1.807) is 0 Å². The summed E-state index contributed by atoms with van der Waals surface area (Å²) >= 11 is 0. The zero-order valence-electron chi connectivity index (χ0n) is 32.1. The number of benzene rings is 1. The molecule has 0 aliphatic rings. The highest BCUT2D eigenvalue weighted by Gasteiger charge is 2.04. The van der Waals surface area contributed by atoms with Crippen LogP contribution in [0.5, 0.6) is 5.75 Å². The number of carbonyl (C=O) groups excluding carboxylic acids is 2. The minimum absolute atomic E-state index is 0.0415. The van der Waals surface area contributed by atoms with E-state index in [1.807, 2.05) is 37.3 Å². The number of rotatable bonds is 33. The fourth-order valence-corrected chi connectivity index (χ4v) is 5.88. The van der Waals surface area contributed by atoms with Gasteiger partial charge < -0.3 is 9.47 Å². The fourth-order valence-electron chi connectivity index (χ4n) is 5.88. The van der Waals surface area contributed by atoms with Crippen LogP contribution in [0.15, 0.2) is 42.5 Å². The smallest absolute Gasteiger partial charge is 0.311 e. The molecular weight excluding hydrogens is 592 g/mol. The van der Waals surface area contributed by atoms with Crippen LogP contribution in [0.4, 0.5) is 0 Å². The number of para-hydroxylation sites is 1. The van der Waals surface area contributed by atoms with E-state index in [0.717, 1.165) is 25.7 Å². The van der Waals surface area contributed by atoms with E-state index in [0.29, 0.717) is 25.2 Å². The van der Waals surface area contributed by atoms with Crippen molar-refractivity contribution < 1.29 is 19.1 Å². The van der Waals surface area contributed by atoms with Crippen LogP contribution in [-0.4, -0.2) is 18.5 Å². The summed E-state index contributed by atoms with van der Waals surface area (Å²) in [6.07, 6.45) is 42.7. The monoisotopic (exact) mass is 671 g/mol. The van der Waals surface area contributed by atoms with Gasteiger partial charge in [-0.1, -0.05) is 185 Å². The first-order valence-electron chi connectivity index (χ1n) is 20.7. The Kier molecular flexibility index (Phi) is 37.6. The number of ether oxygens (including phenoxy) is 2. The van der Waals surface area contributed by atoms with Gasteiger partial charge in [0, 0.05) is 12.8 Å². The van der Waals surface area contributed by atoms with Crippen molar-refractivity contribution in [2.75, 3.05) is 6.61 Å². The molecule has 0 N–H and O–H groups in total. The summed E-state index contributed by atoms with van der Waals surface area (Å²) < 4.78 is 10.2. The summed E-state index contributed by atoms with van der Waals surface area (Å²) in [5.41, 5.74) is 0. The molecule has 0 saturated carbocycles. The quantitative estimate of drug-likeness (QED) is 0.0323. The van der Waals surface area contributed by atoms with E-state index in [1.165, 1.54) is 154 Å². The molecule has 0 amide bonds. The van der Waals surface area contributed by atoms with E-state index >= 15 is 0 Å². The summed E-state index contributed by atoms with van der Waals surface area (Å²) in [4.78, 5) is 22.9. The third-order valence-corrected chi connectivity index (χ3v) is 8.91. The SMILES string of the molecule is CCCCCCCC/C=C\CCCCCCCC(=O)OCC.CCCCCCCCCCCCCCCCCC(=O)Oc1ccccc1. The minimum atomic E-state index is -0.106. The molecule has 0 atom stereocenters. The molecule has 0 unspecified atom stereocenters. The van der Waals surface area contributed by atoms with Gasteiger partial charge in [-0.2, -0.15) is 0 Å². The van der Waals surface area contributed by atoms with Gasteiger partial charge in [-0.15, -0.1) is 0 Å². The molecule has 0 saturated heterocycles. The van der Waals surface area contributed by atoms with E-state index in [-0.39, 0.29) is 11.9 Å². The second-order valence-electron chi connectivity index (χ2n) is 13.6. The topological polar surface area (TPSA) is 52.6 Å². The van der Waals surface area contributed by atoms with Gasteiger partial charge in [-0.25, -0.2) is 0 Å². The van der Waals surface area contributed by atoms with Gasteiger partial charge in [0.05, 0.1) is 6.61 Å². The lowest BCUT2D eigenvalue weighted by molar-refractivity contribution is -0.143. The molecular formula is C44H78O4. The van der Waals surface area contributed by atoms with Gasteiger partial charge in [-0.05, 0) is 57.6 Å². The Hall–Kier alpha value is -2.10. The molecule has 4 heteroatoms. The van der Waals surface area contributed by atoms with Crippen LogP contribution in [0.2, 0.25) is 0 Å². The van der Waals surface area contributed by atoms with Crippen LogP contribution in [0.1, 0.15) is 213 Å². The minimum Gasteiger partial charge on any atom is -0.466 e. The van der Waals surface area contributed by atoms with E-state index in [9.17, 15) is 9.59 Å². The number of hydrogen-bond acceptors (Lipinski definition) is 4. The molecule has 1 rings (SSSR count). The molecule has 278 valence electrons. The zero-order valence-corrected chi connectivity index (χ0v) is 32.1. The second-order valence-corrected chi connectivity index (χ2v) is 13.6. The predicted octanol–water partition coefficient (Wildman–Crippen LogP) is 14.4. The van der Waals surface area contributed by atoms with Crippen molar-refractivity contribution in [2.45, 2.75) is 213 Å². The summed E-state index contributed by atoms with van der Waals surface area (Å²) in [5, 5.41) is 0. The van der Waals surface area contributed by atoms with Crippen LogP contribution < -0.4 is 4.74 Å². The zero-order chi connectivity index (χ0) is 35.0. The van der Waals surface area contributed by atoms with Crippen molar-refractivity contribution in [3.05, 3.63) is 42.5 Å². The molecule has 0 radical (unpaired) electrons. The molecule has 0 fully saturated rings. The lowest BCUT2D eigenvalue weighted by atomic mass is 10.0. The van der Waals surface area contributed by atoms with Crippen molar-refractivity contribution >= 4 is 11.9 Å². The normalized spacial score (nSPS) is 11.0. The first kappa shape index (κ1) is 45.9. The highest BCUT2D eigenvalue weighted by Crippen LogP contribution is 2.15. The largest absolute Gasteiger partial charge is 0.466 e. The van der Waals surface area contributed by atoms with Gasteiger partial charge in [0.2, 0.25) is 0 Å². The number of carbonyl (C=O) groups is 2. The van der Waals surface area contributed by atoms with Gasteiger partial charge >= 0.3 is 11.9 Å². The Labute approximate surface area is 298 Å². The Morgan fingerprint density at radius 1 is 0.458 bits per heavy atom. The van der Waals surface area contributed by atoms with Gasteiger partial charge in [0.15, 0.2) is 0 Å². The molecule has 4 nitrogen and oxygen atoms in total. The Morgan fingerprint density at radius 2 is 0.812 bits per heavy atom. The van der Waals surface area contributed by atoms with Crippen molar-refractivity contribution in [1.29, 1.82) is 0 Å². The van der Waals surface area contributed by atoms with E-state index in [4.69, 9.17) is 9.47 Å². The van der Waals surface area contributed by atoms with Crippen LogP contribution in [0.25, 0.3) is 0 Å². The Bertz CT molecular complexity index is 818. The standard InChI is InChI=1S/C24H40O2.C20H38O2/c1-2-3-4-5-6-7-8-9-10-11-12-13-14-15-19-22-24(25)26-23-20-17-16-18-21-23;1-3-5-6-7-8-9-10-11-12-13-14-15-16-17-18-19-20(21)22-4-2/h16-18,20-21H,2-15,19,22H2,1H3;11-12H,3-10,13-19H2,1-2H3/b;12-11-. The molecule has 1 aromatic rings. The van der Waals surface area contributed by atoms with Gasteiger partial charge in [0.1, 0.15) is 5.75 Å². The number of allylic oxidation sites excluding steroid dienone is 2. The van der Waals surface area contributed by atoms with Crippen LogP contribution in [-0.2, 0) is 14.3 Å². The second kappa shape index (κ2) is 39.3. The van der Waals surface area contributed by atoms with Crippen molar-refractivity contribution in [2.24, 2.45) is 0 Å². The summed E-state index contributed by atoms with van der Waals surface area (Å²) in [5.74, 6) is 0.504. The third-order valence-electron chi connectivity index (χ3n) is 8.91. The van der Waals surface area contributed by atoms with Crippen molar-refractivity contribution in [3.8, 4) is 5.75 Å². The molecule has 0 heterocycles. The Balaban J connectivity index is 0.000000935. The lowest BCUT2D eigenvalue weighted by Gasteiger charge is -2.04. The number of unbranched alkanes of at least 4 members (excludes halogenated alkanes) is 25. The maximum atomic E-state index is 11.7. The number of esters is 2. The van der Waals surface area contributed by atoms with Crippen LogP contribution >= 0.6 is 0 Å². The number of hydrogen-bond donors (Lipinski definition) is 0.